The number of nitrogens with two attached hydrogens (primary N) is 1. The zero-order valence-corrected chi connectivity index (χ0v) is 11.4. The number of oxazole rings is 1. The number of ether oxygens (including phenoxy) is 1. The molecule has 0 saturated carbocycles. The van der Waals surface area contributed by atoms with Crippen LogP contribution in [0.2, 0.25) is 0 Å². The normalized spacial score (nSPS) is 11.5. The fourth-order valence-electron chi connectivity index (χ4n) is 1.66. The van der Waals surface area contributed by atoms with Crippen LogP contribution in [0.3, 0.4) is 0 Å². The molecule has 102 valence electrons. The van der Waals surface area contributed by atoms with E-state index in [1.165, 1.54) is 25.5 Å². The molecule has 0 fully saturated rings. The number of methoxy groups -OCH3 is 1. The highest BCUT2D eigenvalue weighted by Gasteiger charge is 2.17. The van der Waals surface area contributed by atoms with Crippen molar-refractivity contribution in [2.45, 2.75) is 11.8 Å². The van der Waals surface area contributed by atoms with E-state index in [0.29, 0.717) is 17.0 Å². The molecule has 0 atom stereocenters. The first-order chi connectivity index (χ1) is 8.97. The molecule has 2 rings (SSSR count). The molecule has 1 aromatic carbocycles. The molecule has 1 heterocycles. The molecule has 2 N–H and O–H groups in total. The Morgan fingerprint density at radius 3 is 2.68 bits per heavy atom. The van der Waals surface area contributed by atoms with E-state index < -0.39 is 9.84 Å². The molecule has 0 amide bonds. The predicted molar refractivity (Wildman–Crippen MR) is 70.6 cm³/mol. The average molecular weight is 282 g/mol. The van der Waals surface area contributed by atoms with Crippen LogP contribution in [0.25, 0.3) is 11.3 Å². The van der Waals surface area contributed by atoms with Gasteiger partial charge in [0.1, 0.15) is 17.7 Å². The average Bonchev–Trinajstić information content (AvgIpc) is 2.84. The summed E-state index contributed by atoms with van der Waals surface area (Å²) in [5.41, 5.74) is 6.38. The number of aromatic nitrogens is 1. The summed E-state index contributed by atoms with van der Waals surface area (Å²) in [6.45, 7) is 1.59. The summed E-state index contributed by atoms with van der Waals surface area (Å²) in [5, 5.41) is 0. The van der Waals surface area contributed by atoms with E-state index in [1.807, 2.05) is 0 Å². The minimum atomic E-state index is -3.29. The van der Waals surface area contributed by atoms with Crippen molar-refractivity contribution in [1.29, 1.82) is 0 Å². The summed E-state index contributed by atoms with van der Waals surface area (Å²) in [6.07, 6.45) is 1.36. The number of benzene rings is 1. The first-order valence-corrected chi connectivity index (χ1v) is 7.25. The summed E-state index contributed by atoms with van der Waals surface area (Å²) in [5.74, 6) is 0.531. The highest BCUT2D eigenvalue weighted by molar-refractivity contribution is 7.91. The molecule has 6 nitrogen and oxygen atoms in total. The maximum atomic E-state index is 11.9. The van der Waals surface area contributed by atoms with Gasteiger partial charge in [0.15, 0.2) is 9.84 Å². The van der Waals surface area contributed by atoms with Crippen molar-refractivity contribution in [1.82, 2.24) is 4.98 Å². The van der Waals surface area contributed by atoms with Crippen molar-refractivity contribution < 1.29 is 17.6 Å². The van der Waals surface area contributed by atoms with Crippen molar-refractivity contribution in [3.05, 3.63) is 24.5 Å². The van der Waals surface area contributed by atoms with Gasteiger partial charge in [0.25, 0.3) is 6.01 Å². The predicted octanol–water partition coefficient (Wildman–Crippen LogP) is 1.73. The Morgan fingerprint density at radius 2 is 2.16 bits per heavy atom. The fraction of sp³-hybridized carbons (Fsp3) is 0.250. The Kier molecular flexibility index (Phi) is 3.48. The van der Waals surface area contributed by atoms with Gasteiger partial charge < -0.3 is 14.9 Å². The molecule has 1 aromatic heterocycles. The molecule has 0 saturated heterocycles. The molecule has 2 aromatic rings. The van der Waals surface area contributed by atoms with Crippen LogP contribution in [-0.2, 0) is 9.84 Å². The minimum Gasteiger partial charge on any atom is -0.496 e. The molecule has 0 unspecified atom stereocenters. The van der Waals surface area contributed by atoms with Gasteiger partial charge in [-0.15, -0.1) is 0 Å². The number of nitrogen functional groups attached to an aromatic ring is 1. The molecule has 0 aliphatic heterocycles. The molecule has 19 heavy (non-hydrogen) atoms. The van der Waals surface area contributed by atoms with Crippen molar-refractivity contribution in [2.75, 3.05) is 18.6 Å². The van der Waals surface area contributed by atoms with Crippen molar-refractivity contribution >= 4 is 15.9 Å². The summed E-state index contributed by atoms with van der Waals surface area (Å²) < 4.78 is 33.9. The molecule has 0 aliphatic carbocycles. The molecular formula is C12H14N2O4S. The molecule has 0 aliphatic rings. The van der Waals surface area contributed by atoms with Crippen LogP contribution in [0.4, 0.5) is 6.01 Å². The number of anilines is 1. The second-order valence-electron chi connectivity index (χ2n) is 3.84. The summed E-state index contributed by atoms with van der Waals surface area (Å²) >= 11 is 0. The Hall–Kier alpha value is -2.02. The number of hydrogen-bond acceptors (Lipinski definition) is 6. The molecule has 7 heteroatoms. The SMILES string of the molecule is CCS(=O)(=O)c1ccc(OC)c(-c2coc(N)n2)c1. The lowest BCUT2D eigenvalue weighted by Gasteiger charge is -2.08. The van der Waals surface area contributed by atoms with Crippen LogP contribution in [0, 0.1) is 0 Å². The van der Waals surface area contributed by atoms with E-state index in [4.69, 9.17) is 14.9 Å². The van der Waals surface area contributed by atoms with Crippen LogP contribution in [-0.4, -0.2) is 26.3 Å². The van der Waals surface area contributed by atoms with Crippen LogP contribution in [0.5, 0.6) is 5.75 Å². The first-order valence-electron chi connectivity index (χ1n) is 5.60. The van der Waals surface area contributed by atoms with E-state index in [-0.39, 0.29) is 16.7 Å². The van der Waals surface area contributed by atoms with Gasteiger partial charge in [-0.1, -0.05) is 6.92 Å². The number of nitrogens with zero attached hydrogens (tertiary/aromatic N) is 1. The Morgan fingerprint density at radius 1 is 1.42 bits per heavy atom. The van der Waals surface area contributed by atoms with Gasteiger partial charge in [-0.05, 0) is 18.2 Å². The highest BCUT2D eigenvalue weighted by atomic mass is 32.2. The molecular weight excluding hydrogens is 268 g/mol. The lowest BCUT2D eigenvalue weighted by molar-refractivity contribution is 0.416. The van der Waals surface area contributed by atoms with Crippen LogP contribution in [0.15, 0.2) is 33.8 Å². The van der Waals surface area contributed by atoms with Crippen LogP contribution in [0.1, 0.15) is 6.92 Å². The zero-order chi connectivity index (χ0) is 14.0. The fourth-order valence-corrected chi connectivity index (χ4v) is 2.56. The monoisotopic (exact) mass is 282 g/mol. The highest BCUT2D eigenvalue weighted by Crippen LogP contribution is 2.32. The smallest absolute Gasteiger partial charge is 0.292 e. The minimum absolute atomic E-state index is 0.0146. The van der Waals surface area contributed by atoms with E-state index >= 15 is 0 Å². The first kappa shape index (κ1) is 13.4. The van der Waals surface area contributed by atoms with E-state index in [0.717, 1.165) is 0 Å². The van der Waals surface area contributed by atoms with Gasteiger partial charge in [-0.25, -0.2) is 8.42 Å². The standard InChI is InChI=1S/C12H14N2O4S/c1-3-19(15,16)8-4-5-11(17-2)9(6-8)10-7-18-12(13)14-10/h4-7H,3H2,1-2H3,(H2,13,14). The molecule has 0 spiro atoms. The van der Waals surface area contributed by atoms with Crippen LogP contribution < -0.4 is 10.5 Å². The lowest BCUT2D eigenvalue weighted by atomic mass is 10.1. The molecule has 0 radical (unpaired) electrons. The number of sulfone groups is 1. The summed E-state index contributed by atoms with van der Waals surface area (Å²) in [7, 11) is -1.80. The zero-order valence-electron chi connectivity index (χ0n) is 10.6. The Labute approximate surface area is 111 Å². The maximum Gasteiger partial charge on any atom is 0.292 e. The number of rotatable bonds is 4. The van der Waals surface area contributed by atoms with Crippen LogP contribution >= 0.6 is 0 Å². The largest absolute Gasteiger partial charge is 0.496 e. The maximum absolute atomic E-state index is 11.9. The van der Waals surface area contributed by atoms with Gasteiger partial charge in [-0.3, -0.25) is 0 Å². The van der Waals surface area contributed by atoms with Gasteiger partial charge in [0.05, 0.1) is 17.8 Å². The van der Waals surface area contributed by atoms with Crippen molar-refractivity contribution in [3.63, 3.8) is 0 Å². The van der Waals surface area contributed by atoms with Gasteiger partial charge in [0, 0.05) is 5.56 Å². The third-order valence-electron chi connectivity index (χ3n) is 2.71. The van der Waals surface area contributed by atoms with E-state index in [9.17, 15) is 8.42 Å². The third kappa shape index (κ3) is 2.55. The quantitative estimate of drug-likeness (QED) is 0.917. The van der Waals surface area contributed by atoms with Crippen molar-refractivity contribution in [3.8, 4) is 17.0 Å². The van der Waals surface area contributed by atoms with Gasteiger partial charge in [-0.2, -0.15) is 4.98 Å². The topological polar surface area (TPSA) is 95.4 Å². The van der Waals surface area contributed by atoms with Gasteiger partial charge >= 0.3 is 0 Å². The van der Waals surface area contributed by atoms with E-state index in [1.54, 1.807) is 13.0 Å². The molecule has 0 bridgehead atoms. The number of hydrogen-bond donors (Lipinski definition) is 1. The second kappa shape index (κ2) is 4.93. The third-order valence-corrected chi connectivity index (χ3v) is 4.44. The lowest BCUT2D eigenvalue weighted by Crippen LogP contribution is -2.04. The Bertz CT molecular complexity index is 692. The van der Waals surface area contributed by atoms with Gasteiger partial charge in [0.2, 0.25) is 0 Å². The second-order valence-corrected chi connectivity index (χ2v) is 6.11. The van der Waals surface area contributed by atoms with Crippen molar-refractivity contribution in [2.24, 2.45) is 0 Å². The summed E-state index contributed by atoms with van der Waals surface area (Å²) in [6, 6.07) is 4.61. The summed E-state index contributed by atoms with van der Waals surface area (Å²) in [4.78, 5) is 4.19. The van der Waals surface area contributed by atoms with E-state index in [2.05, 4.69) is 4.98 Å². The Balaban J connectivity index is 2.61.